The molecule has 1 unspecified atom stereocenters. The number of carbonyl (C=O) groups excluding carboxylic acids is 1. The summed E-state index contributed by atoms with van der Waals surface area (Å²) in [4.78, 5) is 16.1. The quantitative estimate of drug-likeness (QED) is 0.423. The van der Waals surface area contributed by atoms with Crippen molar-refractivity contribution in [3.8, 4) is 11.5 Å². The number of aliphatic imine (C=N–C) groups is 1. The van der Waals surface area contributed by atoms with E-state index in [0.717, 1.165) is 5.56 Å². The van der Waals surface area contributed by atoms with E-state index in [9.17, 15) is 4.79 Å². The molecule has 7 heteroatoms. The maximum absolute atomic E-state index is 12.0. The van der Waals surface area contributed by atoms with Gasteiger partial charge in [-0.2, -0.15) is 0 Å². The average Bonchev–Trinajstić information content (AvgIpc) is 2.75. The minimum absolute atomic E-state index is 0.00956. The number of carbonyl (C=O) groups is 1. The number of nitrogens with one attached hydrogen (secondary N) is 3. The van der Waals surface area contributed by atoms with Crippen LogP contribution in [-0.4, -0.2) is 45.2 Å². The zero-order chi connectivity index (χ0) is 20.9. The van der Waals surface area contributed by atoms with Gasteiger partial charge in [0.05, 0.1) is 13.7 Å². The van der Waals surface area contributed by atoms with Crippen molar-refractivity contribution in [3.63, 3.8) is 0 Å². The third kappa shape index (κ3) is 8.13. The molecule has 1 amide bonds. The molecule has 0 heterocycles. The van der Waals surface area contributed by atoms with Crippen molar-refractivity contribution < 1.29 is 14.3 Å². The van der Waals surface area contributed by atoms with E-state index in [1.807, 2.05) is 61.5 Å². The van der Waals surface area contributed by atoms with Crippen LogP contribution in [0.25, 0.3) is 0 Å². The summed E-state index contributed by atoms with van der Waals surface area (Å²) in [5.74, 6) is 2.01. The number of nitrogens with zero attached hydrogens (tertiary/aromatic N) is 1. The Morgan fingerprint density at radius 3 is 2.38 bits per heavy atom. The molecule has 0 saturated heterocycles. The molecule has 3 N–H and O–H groups in total. The van der Waals surface area contributed by atoms with Gasteiger partial charge in [0, 0.05) is 26.6 Å². The van der Waals surface area contributed by atoms with Gasteiger partial charge in [-0.3, -0.25) is 9.79 Å². The van der Waals surface area contributed by atoms with Gasteiger partial charge < -0.3 is 25.4 Å². The molecule has 2 aromatic carbocycles. The fraction of sp³-hybridized carbons (Fsp3) is 0.364. The number of benzene rings is 2. The number of amides is 1. The lowest BCUT2D eigenvalue weighted by atomic mass is 10.2. The highest BCUT2D eigenvalue weighted by Gasteiger charge is 2.09. The van der Waals surface area contributed by atoms with E-state index in [2.05, 4.69) is 20.9 Å². The summed E-state index contributed by atoms with van der Waals surface area (Å²) in [6.45, 7) is 3.54. The molecule has 2 aromatic rings. The summed E-state index contributed by atoms with van der Waals surface area (Å²) in [5.41, 5.74) is 1.08. The van der Waals surface area contributed by atoms with Gasteiger partial charge in [0.25, 0.3) is 0 Å². The molecule has 1 atom stereocenters. The predicted molar refractivity (Wildman–Crippen MR) is 115 cm³/mol. The van der Waals surface area contributed by atoms with Crippen molar-refractivity contribution >= 4 is 11.9 Å². The molecule has 0 aromatic heterocycles. The highest BCUT2D eigenvalue weighted by atomic mass is 16.5. The normalized spacial score (nSPS) is 12.0. The third-order valence-electron chi connectivity index (χ3n) is 4.15. The molecular weight excluding hydrogens is 368 g/mol. The summed E-state index contributed by atoms with van der Waals surface area (Å²) >= 11 is 0. The van der Waals surface area contributed by atoms with Crippen LogP contribution < -0.4 is 25.4 Å². The number of para-hydroxylation sites is 2. The Balaban J connectivity index is 1.66. The maximum Gasteiger partial charge on any atom is 0.222 e. The number of methoxy groups -OCH3 is 1. The minimum Gasteiger partial charge on any atom is -0.493 e. The number of hydrogen-bond donors (Lipinski definition) is 3. The first kappa shape index (κ1) is 22.1. The summed E-state index contributed by atoms with van der Waals surface area (Å²) in [6.07, 6.45) is 0.264. The Bertz CT molecular complexity index is 781. The zero-order valence-electron chi connectivity index (χ0n) is 17.3. The zero-order valence-corrected chi connectivity index (χ0v) is 17.3. The molecule has 29 heavy (non-hydrogen) atoms. The molecule has 0 aliphatic heterocycles. The summed E-state index contributed by atoms with van der Waals surface area (Å²) in [6, 6.07) is 17.4. The van der Waals surface area contributed by atoms with E-state index in [-0.39, 0.29) is 12.0 Å². The van der Waals surface area contributed by atoms with Crippen LogP contribution in [0.4, 0.5) is 0 Å². The van der Waals surface area contributed by atoms with Crippen molar-refractivity contribution in [1.29, 1.82) is 0 Å². The lowest BCUT2D eigenvalue weighted by Crippen LogP contribution is -2.42. The van der Waals surface area contributed by atoms with Crippen LogP contribution in [-0.2, 0) is 11.3 Å². The first-order valence-corrected chi connectivity index (χ1v) is 9.67. The molecule has 0 aliphatic carbocycles. The second-order valence-corrected chi connectivity index (χ2v) is 6.47. The SMILES string of the molecule is CN=C(NCCC(=O)NCc1ccccc1)NCC(C)Oc1ccccc1OC. The largest absolute Gasteiger partial charge is 0.493 e. The predicted octanol–water partition coefficient (Wildman–Crippen LogP) is 2.33. The van der Waals surface area contributed by atoms with Crippen molar-refractivity contribution in [2.75, 3.05) is 27.2 Å². The van der Waals surface area contributed by atoms with Crippen LogP contribution in [0.3, 0.4) is 0 Å². The van der Waals surface area contributed by atoms with Gasteiger partial charge in [0.2, 0.25) is 5.91 Å². The Kier molecular flexibility index (Phi) is 9.35. The summed E-state index contributed by atoms with van der Waals surface area (Å²) < 4.78 is 11.2. The van der Waals surface area contributed by atoms with E-state index in [0.29, 0.717) is 43.5 Å². The number of rotatable bonds is 10. The standard InChI is InChI=1S/C22H30N4O3/c1-17(29-20-12-8-7-11-19(20)28-3)15-26-22(23-2)24-14-13-21(27)25-16-18-9-5-4-6-10-18/h4-12,17H,13-16H2,1-3H3,(H,25,27)(H2,23,24,26). The first-order valence-electron chi connectivity index (χ1n) is 9.67. The van der Waals surface area contributed by atoms with Gasteiger partial charge in [-0.15, -0.1) is 0 Å². The summed E-state index contributed by atoms with van der Waals surface area (Å²) in [7, 11) is 3.31. The van der Waals surface area contributed by atoms with Crippen LogP contribution in [0.15, 0.2) is 59.6 Å². The Hall–Kier alpha value is -3.22. The van der Waals surface area contributed by atoms with Crippen LogP contribution >= 0.6 is 0 Å². The van der Waals surface area contributed by atoms with Crippen LogP contribution in [0, 0.1) is 0 Å². The van der Waals surface area contributed by atoms with Crippen molar-refractivity contribution in [3.05, 3.63) is 60.2 Å². The molecule has 2 rings (SSSR count). The maximum atomic E-state index is 12.0. The Morgan fingerprint density at radius 2 is 1.69 bits per heavy atom. The fourth-order valence-electron chi connectivity index (χ4n) is 2.61. The number of guanidine groups is 1. The van der Waals surface area contributed by atoms with Crippen LogP contribution in [0.5, 0.6) is 11.5 Å². The highest BCUT2D eigenvalue weighted by molar-refractivity contribution is 5.81. The molecule has 0 radical (unpaired) electrons. The molecule has 156 valence electrons. The lowest BCUT2D eigenvalue weighted by Gasteiger charge is -2.19. The van der Waals surface area contributed by atoms with Gasteiger partial charge >= 0.3 is 0 Å². The smallest absolute Gasteiger partial charge is 0.222 e. The molecule has 0 saturated carbocycles. The molecular formula is C22H30N4O3. The van der Waals surface area contributed by atoms with Crippen LogP contribution in [0.2, 0.25) is 0 Å². The topological polar surface area (TPSA) is 84.0 Å². The van der Waals surface area contributed by atoms with E-state index in [4.69, 9.17) is 9.47 Å². The molecule has 0 bridgehead atoms. The number of hydrogen-bond acceptors (Lipinski definition) is 4. The van der Waals surface area contributed by atoms with Gasteiger partial charge in [-0.25, -0.2) is 0 Å². The lowest BCUT2D eigenvalue weighted by molar-refractivity contribution is -0.121. The molecule has 7 nitrogen and oxygen atoms in total. The van der Waals surface area contributed by atoms with Crippen molar-refractivity contribution in [2.45, 2.75) is 26.0 Å². The van der Waals surface area contributed by atoms with Crippen LogP contribution in [0.1, 0.15) is 18.9 Å². The van der Waals surface area contributed by atoms with Crippen molar-refractivity contribution in [2.24, 2.45) is 4.99 Å². The van der Waals surface area contributed by atoms with E-state index in [1.165, 1.54) is 0 Å². The molecule has 0 spiro atoms. The molecule has 0 aliphatic rings. The third-order valence-corrected chi connectivity index (χ3v) is 4.15. The Morgan fingerprint density at radius 1 is 1.00 bits per heavy atom. The van der Waals surface area contributed by atoms with Gasteiger partial charge in [0.15, 0.2) is 17.5 Å². The second kappa shape index (κ2) is 12.3. The average molecular weight is 399 g/mol. The van der Waals surface area contributed by atoms with Crippen molar-refractivity contribution in [1.82, 2.24) is 16.0 Å². The van der Waals surface area contributed by atoms with E-state index >= 15 is 0 Å². The minimum atomic E-state index is -0.0981. The van der Waals surface area contributed by atoms with E-state index < -0.39 is 0 Å². The second-order valence-electron chi connectivity index (χ2n) is 6.47. The van der Waals surface area contributed by atoms with Gasteiger partial charge in [0.1, 0.15) is 6.10 Å². The van der Waals surface area contributed by atoms with Gasteiger partial charge in [-0.1, -0.05) is 42.5 Å². The Labute approximate surface area is 172 Å². The van der Waals surface area contributed by atoms with E-state index in [1.54, 1.807) is 14.2 Å². The molecule has 0 fully saturated rings. The fourth-order valence-corrected chi connectivity index (χ4v) is 2.61. The summed E-state index contributed by atoms with van der Waals surface area (Å²) in [5, 5.41) is 9.25. The van der Waals surface area contributed by atoms with Gasteiger partial charge in [-0.05, 0) is 24.6 Å². The number of ether oxygens (including phenoxy) is 2. The highest BCUT2D eigenvalue weighted by Crippen LogP contribution is 2.26. The first-order chi connectivity index (χ1) is 14.1. The monoisotopic (exact) mass is 398 g/mol.